The highest BCUT2D eigenvalue weighted by Crippen LogP contribution is 2.51. The average Bonchev–Trinajstić information content (AvgIpc) is 3.99. The van der Waals surface area contributed by atoms with Gasteiger partial charge in [0.2, 0.25) is 5.60 Å². The van der Waals surface area contributed by atoms with Gasteiger partial charge in [0.25, 0.3) is 0 Å². The number of esters is 2. The number of methoxy groups -OCH3 is 1. The zero-order chi connectivity index (χ0) is 47.3. The molecule has 2 unspecified atom stereocenters. The van der Waals surface area contributed by atoms with Crippen molar-refractivity contribution in [3.8, 4) is 0 Å². The van der Waals surface area contributed by atoms with Crippen LogP contribution in [0.15, 0.2) is 131 Å². The number of ether oxygens (including phenoxy) is 2. The molecule has 10 nitrogen and oxygen atoms in total. The molecule has 3 N–H and O–H groups in total. The van der Waals surface area contributed by atoms with E-state index in [0.717, 1.165) is 81.9 Å². The van der Waals surface area contributed by atoms with E-state index in [2.05, 4.69) is 60.4 Å². The number of aliphatic hydroxyl groups excluding tert-OH is 1. The van der Waals surface area contributed by atoms with Gasteiger partial charge in [-0.25, -0.2) is 19.8 Å². The Bertz CT molecular complexity index is 2350. The molecule has 1 saturated heterocycles. The van der Waals surface area contributed by atoms with Gasteiger partial charge in [-0.15, -0.1) is 0 Å². The van der Waals surface area contributed by atoms with Crippen molar-refractivity contribution in [1.29, 1.82) is 0 Å². The molecule has 8 bridgehead atoms. The maximum absolute atomic E-state index is 13.7. The molecule has 350 valence electrons. The summed E-state index contributed by atoms with van der Waals surface area (Å²) in [4.78, 5) is 42.3. The van der Waals surface area contributed by atoms with Crippen LogP contribution >= 0.6 is 0 Å². The molecule has 65 heavy (non-hydrogen) atoms. The van der Waals surface area contributed by atoms with Crippen LogP contribution in [0.1, 0.15) is 146 Å². The van der Waals surface area contributed by atoms with Crippen LogP contribution in [0.4, 0.5) is 0 Å². The number of allylic oxidation sites excluding steroid dienone is 12. The molecule has 0 saturated carbocycles. The predicted molar refractivity (Wildman–Crippen MR) is 263 cm³/mol. The number of rotatable bonds is 20. The van der Waals surface area contributed by atoms with Crippen molar-refractivity contribution >= 4 is 29.1 Å². The fraction of sp³-hybridized carbons (Fsp3) is 0.545. The number of nitrogens with zero attached hydrogens (tertiary/aromatic N) is 3. The van der Waals surface area contributed by atoms with Crippen molar-refractivity contribution in [2.24, 2.45) is 44.6 Å². The summed E-state index contributed by atoms with van der Waals surface area (Å²) < 4.78 is 10.9. The largest absolute Gasteiger partial charge is 0.507 e. The zero-order valence-corrected chi connectivity index (χ0v) is 41.0. The lowest BCUT2D eigenvalue weighted by Crippen LogP contribution is -2.44. The van der Waals surface area contributed by atoms with Crippen molar-refractivity contribution < 1.29 is 29.3 Å². The standard InChI is InChI=1S/C55H74N4O6/c1-13-39-35(8)42-28-44-37(10)41(24-25-48(60)65-27-26-34(7)23-17-22-33(6)21-16-20-32(5)19-15-18-31(3)4)51(58-44)50-52-49(53(61)55(50,63)54(62)64-12)38(11)45(59-52)30-47-40(14-2)36(9)43(57-47)29-46(39)56-42/h13,26,28-33,37,41,58,61,63H,1,14-25,27H2,2-12H3/b34-26-,44-28?,46-29?,47-30?,51-50?/t32?,33?,37-,41-,55-/m0/s1. The van der Waals surface area contributed by atoms with Crippen LogP contribution in [0.2, 0.25) is 0 Å². The lowest BCUT2D eigenvalue weighted by atomic mass is 9.83. The van der Waals surface area contributed by atoms with Crippen LogP contribution < -0.4 is 5.32 Å². The maximum atomic E-state index is 13.7. The average molecular weight is 887 g/mol. The molecule has 5 atom stereocenters. The van der Waals surface area contributed by atoms with Crippen LogP contribution in [0.5, 0.6) is 0 Å². The normalized spacial score (nSPS) is 23.7. The van der Waals surface area contributed by atoms with Gasteiger partial charge in [-0.2, -0.15) is 0 Å². The van der Waals surface area contributed by atoms with E-state index in [1.807, 2.05) is 51.2 Å². The summed E-state index contributed by atoms with van der Waals surface area (Å²) in [5.41, 5.74) is 8.67. The molecular weight excluding hydrogens is 813 g/mol. The number of aliphatic hydroxyl groups is 2. The molecule has 1 aliphatic carbocycles. The third kappa shape index (κ3) is 10.3. The van der Waals surface area contributed by atoms with Gasteiger partial charge in [-0.1, -0.05) is 105 Å². The Hall–Kier alpha value is -5.09. The first-order valence-electron chi connectivity index (χ1n) is 24.2. The van der Waals surface area contributed by atoms with Gasteiger partial charge in [0.1, 0.15) is 6.61 Å². The fourth-order valence-corrected chi connectivity index (χ4v) is 10.2. The Morgan fingerprint density at radius 1 is 0.892 bits per heavy atom. The second kappa shape index (κ2) is 21.0. The molecule has 6 aliphatic rings. The van der Waals surface area contributed by atoms with Gasteiger partial charge in [-0.05, 0) is 118 Å². The smallest absolute Gasteiger partial charge is 0.350 e. The second-order valence-electron chi connectivity index (χ2n) is 19.7. The van der Waals surface area contributed by atoms with Gasteiger partial charge in [-0.3, -0.25) is 4.79 Å². The van der Waals surface area contributed by atoms with E-state index in [-0.39, 0.29) is 41.8 Å². The molecule has 0 aromatic carbocycles. The molecule has 0 aromatic rings. The molecule has 0 aromatic heterocycles. The Labute approximate surface area is 388 Å². The van der Waals surface area contributed by atoms with Gasteiger partial charge in [0.05, 0.1) is 41.3 Å². The Morgan fingerprint density at radius 2 is 1.54 bits per heavy atom. The van der Waals surface area contributed by atoms with E-state index in [0.29, 0.717) is 29.3 Å². The van der Waals surface area contributed by atoms with Gasteiger partial charge >= 0.3 is 11.9 Å². The number of aliphatic imine (C=N–C) groups is 3. The molecular formula is C55H74N4O6. The fourth-order valence-electron chi connectivity index (χ4n) is 10.2. The first-order chi connectivity index (χ1) is 30.9. The summed E-state index contributed by atoms with van der Waals surface area (Å²) in [5.74, 6) is -0.273. The minimum Gasteiger partial charge on any atom is -0.507 e. The highest BCUT2D eigenvalue weighted by atomic mass is 16.5. The van der Waals surface area contributed by atoms with Crippen molar-refractivity contribution in [1.82, 2.24) is 5.32 Å². The van der Waals surface area contributed by atoms with Crippen LogP contribution in [-0.2, 0) is 19.1 Å². The third-order valence-electron chi connectivity index (χ3n) is 14.5. The van der Waals surface area contributed by atoms with Gasteiger partial charge < -0.3 is 25.0 Å². The molecule has 6 rings (SSSR count). The van der Waals surface area contributed by atoms with E-state index in [1.165, 1.54) is 57.6 Å². The number of hydrogen-bond acceptors (Lipinski definition) is 10. The Kier molecular flexibility index (Phi) is 16.0. The highest BCUT2D eigenvalue weighted by Gasteiger charge is 2.59. The molecule has 5 aliphatic heterocycles. The van der Waals surface area contributed by atoms with E-state index >= 15 is 0 Å². The quantitative estimate of drug-likeness (QED) is 0.0816. The van der Waals surface area contributed by atoms with Gasteiger partial charge in [0, 0.05) is 46.4 Å². The maximum Gasteiger partial charge on any atom is 0.350 e. The lowest BCUT2D eigenvalue weighted by Gasteiger charge is -2.26. The topological polar surface area (TPSA) is 142 Å². The Balaban J connectivity index is 1.22. The van der Waals surface area contributed by atoms with Crippen molar-refractivity contribution in [3.63, 3.8) is 0 Å². The number of carbonyl (C=O) groups excluding carboxylic acids is 2. The van der Waals surface area contributed by atoms with Crippen molar-refractivity contribution in [2.75, 3.05) is 13.7 Å². The number of hydrogen-bond donors (Lipinski definition) is 3. The molecule has 0 spiro atoms. The van der Waals surface area contributed by atoms with Crippen LogP contribution in [0.25, 0.3) is 0 Å². The zero-order valence-electron chi connectivity index (χ0n) is 41.0. The summed E-state index contributed by atoms with van der Waals surface area (Å²) in [6.07, 6.45) is 22.0. The molecule has 5 heterocycles. The van der Waals surface area contributed by atoms with Crippen LogP contribution in [-0.4, -0.2) is 58.6 Å². The molecule has 0 amide bonds. The molecule has 10 heteroatoms. The van der Waals surface area contributed by atoms with E-state index in [9.17, 15) is 19.8 Å². The monoisotopic (exact) mass is 887 g/mol. The summed E-state index contributed by atoms with van der Waals surface area (Å²) in [6, 6.07) is 0. The van der Waals surface area contributed by atoms with E-state index in [4.69, 9.17) is 24.5 Å². The van der Waals surface area contributed by atoms with Gasteiger partial charge in [0.15, 0.2) is 5.76 Å². The second-order valence-corrected chi connectivity index (χ2v) is 19.7. The summed E-state index contributed by atoms with van der Waals surface area (Å²) in [7, 11) is 1.18. The highest BCUT2D eigenvalue weighted by molar-refractivity contribution is 6.26. The first kappa shape index (κ1) is 49.3. The third-order valence-corrected chi connectivity index (χ3v) is 14.5. The SMILES string of the molecule is C=CC1=C(C)C2=NC1=CC1=NC(=CC3=C(C)C4=C(O)[C@](O)(C(=O)OC)C(=C5NC(=C2)[C@@H](C)[C@@H]5CCC(=O)OC/C=C(/C)CCCC(C)CCCC(C)CCCC(C)C)C4=N3)C(CC)=C1C. The van der Waals surface area contributed by atoms with Crippen molar-refractivity contribution in [3.05, 3.63) is 116 Å². The predicted octanol–water partition coefficient (Wildman–Crippen LogP) is 12.1. The summed E-state index contributed by atoms with van der Waals surface area (Å²) in [6.45, 7) is 25.8. The number of carbonyl (C=O) groups is 2. The van der Waals surface area contributed by atoms with Crippen LogP contribution in [0, 0.1) is 29.6 Å². The summed E-state index contributed by atoms with van der Waals surface area (Å²) in [5, 5.41) is 27.9. The summed E-state index contributed by atoms with van der Waals surface area (Å²) >= 11 is 0. The molecule has 1 fully saturated rings. The minimum atomic E-state index is -2.55. The minimum absolute atomic E-state index is 0.0878. The van der Waals surface area contributed by atoms with Crippen molar-refractivity contribution in [2.45, 2.75) is 152 Å². The van der Waals surface area contributed by atoms with E-state index in [1.54, 1.807) is 0 Å². The lowest BCUT2D eigenvalue weighted by molar-refractivity contribution is -0.156. The Morgan fingerprint density at radius 3 is 2.18 bits per heavy atom. The molecule has 0 radical (unpaired) electrons. The number of fused-ring (bicyclic) bond motifs is 5. The number of nitrogens with one attached hydrogen (secondary N) is 1. The van der Waals surface area contributed by atoms with E-state index < -0.39 is 23.2 Å². The van der Waals surface area contributed by atoms with Crippen LogP contribution in [0.3, 0.4) is 0 Å². The first-order valence-corrected chi connectivity index (χ1v) is 24.2.